The van der Waals surface area contributed by atoms with Crippen LogP contribution in [-0.4, -0.2) is 15.9 Å². The van der Waals surface area contributed by atoms with Gasteiger partial charge in [0.1, 0.15) is 5.75 Å². The van der Waals surface area contributed by atoms with Crippen molar-refractivity contribution < 1.29 is 18.1 Å². The highest BCUT2D eigenvalue weighted by Gasteiger charge is 2.26. The number of halogens is 3. The first-order chi connectivity index (χ1) is 8.74. The first-order valence-electron chi connectivity index (χ1n) is 5.33. The molecule has 0 aliphatic carbocycles. The zero-order chi connectivity index (χ0) is 14.6. The average Bonchev–Trinajstić information content (AvgIpc) is 2.27. The zero-order valence-corrected chi connectivity index (χ0v) is 12.8. The summed E-state index contributed by atoms with van der Waals surface area (Å²) in [5, 5.41) is 5.35. The Hall–Kier alpha value is -0.630. The number of alkyl halides is 2. The third-order valence-corrected chi connectivity index (χ3v) is 4.26. The maximum absolute atomic E-state index is 12.3. The lowest BCUT2D eigenvalue weighted by Gasteiger charge is -2.20. The van der Waals surface area contributed by atoms with E-state index in [4.69, 9.17) is 5.14 Å². The van der Waals surface area contributed by atoms with Gasteiger partial charge in [-0.15, -0.1) is 0 Å². The summed E-state index contributed by atoms with van der Waals surface area (Å²) in [6, 6.07) is 4.72. The molecular formula is C12H14BrF2NO2S. The Morgan fingerprint density at radius 2 is 2.11 bits per heavy atom. The quantitative estimate of drug-likeness (QED) is 0.824. The van der Waals surface area contributed by atoms with Crippen LogP contribution in [0, 0.1) is 0 Å². The highest BCUT2D eigenvalue weighted by molar-refractivity contribution is 9.10. The highest BCUT2D eigenvalue weighted by Crippen LogP contribution is 2.30. The van der Waals surface area contributed by atoms with Gasteiger partial charge in [0.25, 0.3) is 0 Å². The van der Waals surface area contributed by atoms with Gasteiger partial charge in [0.15, 0.2) is 4.75 Å². The fraction of sp³-hybridized carbons (Fsp3) is 0.333. The molecule has 0 radical (unpaired) electrons. The number of rotatable bonds is 5. The molecule has 0 saturated heterocycles. The molecule has 19 heavy (non-hydrogen) atoms. The van der Waals surface area contributed by atoms with E-state index < -0.39 is 22.7 Å². The molecule has 1 aromatic carbocycles. The van der Waals surface area contributed by atoms with Crippen LogP contribution < -0.4 is 9.88 Å². The third kappa shape index (κ3) is 4.76. The van der Waals surface area contributed by atoms with Gasteiger partial charge in [-0.25, -0.2) is 0 Å². The summed E-state index contributed by atoms with van der Waals surface area (Å²) in [7, 11) is 0. The van der Waals surface area contributed by atoms with Gasteiger partial charge in [-0.2, -0.15) is 13.9 Å². The van der Waals surface area contributed by atoms with Crippen molar-refractivity contribution in [3.05, 3.63) is 34.3 Å². The van der Waals surface area contributed by atoms with Gasteiger partial charge < -0.3 is 9.29 Å². The van der Waals surface area contributed by atoms with Crippen molar-refractivity contribution in [2.24, 2.45) is 5.14 Å². The fourth-order valence-corrected chi connectivity index (χ4v) is 1.91. The second-order valence-electron chi connectivity index (χ2n) is 4.26. The lowest BCUT2D eigenvalue weighted by atomic mass is 10.1. The molecule has 7 heteroatoms. The van der Waals surface area contributed by atoms with E-state index in [1.54, 1.807) is 38.1 Å². The van der Waals surface area contributed by atoms with Gasteiger partial charge in [-0.3, -0.25) is 0 Å². The molecule has 0 aliphatic rings. The summed E-state index contributed by atoms with van der Waals surface area (Å²) < 4.78 is 40.2. The van der Waals surface area contributed by atoms with Crippen molar-refractivity contribution in [3.63, 3.8) is 0 Å². The highest BCUT2D eigenvalue weighted by atomic mass is 79.9. The molecule has 0 saturated carbocycles. The normalized spacial score (nSPS) is 14.1. The monoisotopic (exact) mass is 353 g/mol. The fourth-order valence-electron chi connectivity index (χ4n) is 1.23. The molecule has 0 spiro atoms. The Morgan fingerprint density at radius 3 is 2.63 bits per heavy atom. The van der Waals surface area contributed by atoms with E-state index in [0.29, 0.717) is 10.0 Å². The minimum Gasteiger partial charge on any atom is -0.598 e. The molecule has 1 rings (SSSR count). The first-order valence-corrected chi connectivity index (χ1v) is 7.33. The van der Waals surface area contributed by atoms with E-state index in [0.717, 1.165) is 0 Å². The van der Waals surface area contributed by atoms with Crippen molar-refractivity contribution in [1.82, 2.24) is 0 Å². The van der Waals surface area contributed by atoms with Crippen LogP contribution in [0.25, 0.3) is 6.08 Å². The molecule has 0 aromatic heterocycles. The average molecular weight is 354 g/mol. The Morgan fingerprint density at radius 1 is 1.47 bits per heavy atom. The number of hydrogen-bond donors (Lipinski definition) is 1. The molecule has 106 valence electrons. The molecule has 1 atom stereocenters. The Kier molecular flexibility index (Phi) is 5.79. The van der Waals surface area contributed by atoms with E-state index in [9.17, 15) is 13.3 Å². The van der Waals surface area contributed by atoms with Crippen LogP contribution in [0.3, 0.4) is 0 Å². The van der Waals surface area contributed by atoms with Gasteiger partial charge in [0.05, 0.1) is 0 Å². The van der Waals surface area contributed by atoms with Crippen molar-refractivity contribution in [3.8, 4) is 5.75 Å². The van der Waals surface area contributed by atoms with Crippen LogP contribution in [0.2, 0.25) is 0 Å². The zero-order valence-electron chi connectivity index (χ0n) is 10.4. The molecule has 1 aromatic rings. The second kappa shape index (κ2) is 6.69. The van der Waals surface area contributed by atoms with Gasteiger partial charge in [-0.1, -0.05) is 22.0 Å². The summed E-state index contributed by atoms with van der Waals surface area (Å²) in [6.45, 7) is 0.465. The SMILES string of the molecule is CC(C)(/C=C\c1c(Br)cccc1OC(F)F)[S+](N)[O-]. The number of benzene rings is 1. The number of hydrogen-bond acceptors (Lipinski definition) is 3. The van der Waals surface area contributed by atoms with Crippen LogP contribution in [0.15, 0.2) is 28.7 Å². The second-order valence-corrected chi connectivity index (χ2v) is 6.77. The van der Waals surface area contributed by atoms with Crippen LogP contribution in [0.5, 0.6) is 5.75 Å². The topological polar surface area (TPSA) is 58.3 Å². The Balaban J connectivity index is 3.09. The molecule has 0 bridgehead atoms. The molecule has 1 unspecified atom stereocenters. The standard InChI is InChI=1S/C12H14BrF2NO2S/c1-12(2,19(16)17)7-6-8-9(13)4-3-5-10(8)18-11(14)15/h3-7,11H,16H2,1-2H3/b7-6-. The van der Waals surface area contributed by atoms with Gasteiger partial charge >= 0.3 is 6.61 Å². The molecule has 0 heterocycles. The molecule has 2 N–H and O–H groups in total. The largest absolute Gasteiger partial charge is 0.598 e. The summed E-state index contributed by atoms with van der Waals surface area (Å²) in [5.74, 6) is 0.0410. The van der Waals surface area contributed by atoms with Crippen molar-refractivity contribution in [1.29, 1.82) is 0 Å². The van der Waals surface area contributed by atoms with Crippen LogP contribution in [-0.2, 0) is 11.4 Å². The van der Waals surface area contributed by atoms with E-state index in [2.05, 4.69) is 20.7 Å². The minimum absolute atomic E-state index is 0.0410. The lowest BCUT2D eigenvalue weighted by Crippen LogP contribution is -2.35. The molecule has 0 amide bonds. The predicted octanol–water partition coefficient (Wildman–Crippen LogP) is 3.46. The van der Waals surface area contributed by atoms with Crippen molar-refractivity contribution in [2.45, 2.75) is 25.2 Å². The van der Waals surface area contributed by atoms with Crippen LogP contribution >= 0.6 is 15.9 Å². The number of nitrogens with two attached hydrogens (primary N) is 1. The van der Waals surface area contributed by atoms with Gasteiger partial charge in [0.2, 0.25) is 0 Å². The Labute approximate surface area is 122 Å². The maximum atomic E-state index is 12.3. The maximum Gasteiger partial charge on any atom is 0.387 e. The molecule has 0 fully saturated rings. The minimum atomic E-state index is -2.90. The van der Waals surface area contributed by atoms with Crippen molar-refractivity contribution in [2.75, 3.05) is 0 Å². The Bertz CT molecular complexity index is 467. The molecule has 0 aliphatic heterocycles. The summed E-state index contributed by atoms with van der Waals surface area (Å²) in [6.07, 6.45) is 3.16. The predicted molar refractivity (Wildman–Crippen MR) is 76.2 cm³/mol. The summed E-state index contributed by atoms with van der Waals surface area (Å²) in [5.41, 5.74) is 0.446. The third-order valence-electron chi connectivity index (χ3n) is 2.40. The molecule has 3 nitrogen and oxygen atoms in total. The first kappa shape index (κ1) is 16.4. The van der Waals surface area contributed by atoms with Crippen molar-refractivity contribution >= 4 is 33.4 Å². The van der Waals surface area contributed by atoms with E-state index in [1.807, 2.05) is 0 Å². The van der Waals surface area contributed by atoms with Gasteiger partial charge in [-0.05, 0) is 38.1 Å². The van der Waals surface area contributed by atoms with Crippen LogP contribution in [0.1, 0.15) is 19.4 Å². The summed E-state index contributed by atoms with van der Waals surface area (Å²) >= 11 is 1.69. The lowest BCUT2D eigenvalue weighted by molar-refractivity contribution is -0.0500. The van der Waals surface area contributed by atoms with E-state index >= 15 is 0 Å². The van der Waals surface area contributed by atoms with Gasteiger partial charge in [0, 0.05) is 21.4 Å². The van der Waals surface area contributed by atoms with E-state index in [-0.39, 0.29) is 5.75 Å². The van der Waals surface area contributed by atoms with E-state index in [1.165, 1.54) is 6.07 Å². The smallest absolute Gasteiger partial charge is 0.387 e. The molecular weight excluding hydrogens is 340 g/mol. The summed E-state index contributed by atoms with van der Waals surface area (Å²) in [4.78, 5) is 0. The number of ether oxygens (including phenoxy) is 1. The van der Waals surface area contributed by atoms with Crippen LogP contribution in [0.4, 0.5) is 8.78 Å².